The lowest BCUT2D eigenvalue weighted by atomic mass is 10.3. The molecule has 15 heavy (non-hydrogen) atoms. The summed E-state index contributed by atoms with van der Waals surface area (Å²) in [6.07, 6.45) is 4.23. The van der Waals surface area contributed by atoms with E-state index in [0.29, 0.717) is 0 Å². The predicted octanol–water partition coefficient (Wildman–Crippen LogP) is 1.89. The molecule has 0 saturated carbocycles. The Kier molecular flexibility index (Phi) is 3.97. The van der Waals surface area contributed by atoms with Crippen LogP contribution in [0, 0.1) is 0 Å². The zero-order valence-corrected chi connectivity index (χ0v) is 8.00. The Labute approximate surface area is 86.9 Å². The first-order chi connectivity index (χ1) is 7.24. The summed E-state index contributed by atoms with van der Waals surface area (Å²) < 4.78 is 0. The Morgan fingerprint density at radius 1 is 1.20 bits per heavy atom. The summed E-state index contributed by atoms with van der Waals surface area (Å²) in [5.74, 6) is -0.981. The van der Waals surface area contributed by atoms with Gasteiger partial charge in [-0.25, -0.2) is 4.79 Å². The van der Waals surface area contributed by atoms with E-state index in [1.54, 1.807) is 12.4 Å². The highest BCUT2D eigenvalue weighted by Crippen LogP contribution is 2.04. The average molecular weight is 202 g/mol. The molecule has 0 spiro atoms. The molecule has 0 unspecified atom stereocenters. The number of carboxylic acids is 1. The summed E-state index contributed by atoms with van der Waals surface area (Å²) in [4.78, 5) is 17.5. The maximum Gasteiger partial charge on any atom is 0.327 e. The van der Waals surface area contributed by atoms with Crippen molar-refractivity contribution in [1.29, 1.82) is 0 Å². The molecule has 76 valence electrons. The summed E-state index contributed by atoms with van der Waals surface area (Å²) in [5, 5.41) is 7.60. The SMILES string of the molecule is C=CC(=O)O.c1ccc2nccnc2c1. The quantitative estimate of drug-likeness (QED) is 0.717. The molecule has 1 N–H and O–H groups in total. The normalized spacial score (nSPS) is 8.80. The van der Waals surface area contributed by atoms with Crippen LogP contribution < -0.4 is 0 Å². The lowest BCUT2D eigenvalue weighted by Gasteiger charge is -1.90. The third kappa shape index (κ3) is 3.56. The van der Waals surface area contributed by atoms with Gasteiger partial charge >= 0.3 is 5.97 Å². The topological polar surface area (TPSA) is 63.1 Å². The van der Waals surface area contributed by atoms with E-state index in [1.807, 2.05) is 24.3 Å². The van der Waals surface area contributed by atoms with Crippen molar-refractivity contribution >= 4 is 17.0 Å². The second-order valence-electron chi connectivity index (χ2n) is 2.59. The number of carboxylic acid groups (broad SMARTS) is 1. The van der Waals surface area contributed by atoms with Crippen LogP contribution in [0.4, 0.5) is 0 Å². The molecule has 2 rings (SSSR count). The van der Waals surface area contributed by atoms with Gasteiger partial charge in [0.25, 0.3) is 0 Å². The van der Waals surface area contributed by atoms with Crippen LogP contribution in [0.5, 0.6) is 0 Å². The van der Waals surface area contributed by atoms with Crippen molar-refractivity contribution in [2.24, 2.45) is 0 Å². The number of aliphatic carboxylic acids is 1. The molecule has 2 aromatic rings. The molecule has 1 aromatic heterocycles. The van der Waals surface area contributed by atoms with E-state index in [1.165, 1.54) is 0 Å². The number of hydrogen-bond acceptors (Lipinski definition) is 3. The first-order valence-corrected chi connectivity index (χ1v) is 4.25. The van der Waals surface area contributed by atoms with Gasteiger partial charge in [0.15, 0.2) is 0 Å². The molecule has 0 atom stereocenters. The van der Waals surface area contributed by atoms with Gasteiger partial charge in [0.2, 0.25) is 0 Å². The van der Waals surface area contributed by atoms with Crippen LogP contribution in [-0.2, 0) is 4.79 Å². The number of aromatic nitrogens is 2. The van der Waals surface area contributed by atoms with Gasteiger partial charge in [0.05, 0.1) is 11.0 Å². The van der Waals surface area contributed by atoms with Gasteiger partial charge in [-0.3, -0.25) is 9.97 Å². The Hall–Kier alpha value is -2.23. The predicted molar refractivity (Wildman–Crippen MR) is 57.4 cm³/mol. The Balaban J connectivity index is 0.000000195. The number of carbonyl (C=O) groups is 1. The summed E-state index contributed by atoms with van der Waals surface area (Å²) in [5.41, 5.74) is 1.90. The zero-order valence-electron chi connectivity index (χ0n) is 8.00. The summed E-state index contributed by atoms with van der Waals surface area (Å²) in [6, 6.07) is 7.80. The van der Waals surface area contributed by atoms with E-state index in [-0.39, 0.29) is 0 Å². The second-order valence-corrected chi connectivity index (χ2v) is 2.59. The standard InChI is InChI=1S/C8H6N2.C3H4O2/c1-2-4-8-7(3-1)9-5-6-10-8;1-2-3(4)5/h1-6H;2H,1H2,(H,4,5). The van der Waals surface area contributed by atoms with Crippen LogP contribution in [0.3, 0.4) is 0 Å². The molecule has 4 nitrogen and oxygen atoms in total. The van der Waals surface area contributed by atoms with Crippen molar-refractivity contribution in [1.82, 2.24) is 9.97 Å². The molecule has 0 aliphatic heterocycles. The van der Waals surface area contributed by atoms with Gasteiger partial charge in [0.1, 0.15) is 0 Å². The molecule has 0 aliphatic carbocycles. The minimum absolute atomic E-state index is 0.833. The van der Waals surface area contributed by atoms with Crippen LogP contribution in [0.25, 0.3) is 11.0 Å². The fourth-order valence-electron chi connectivity index (χ4n) is 0.910. The largest absolute Gasteiger partial charge is 0.478 e. The van der Waals surface area contributed by atoms with Crippen LogP contribution in [0.15, 0.2) is 49.3 Å². The smallest absolute Gasteiger partial charge is 0.327 e. The molecular formula is C11H10N2O2. The fourth-order valence-corrected chi connectivity index (χ4v) is 0.910. The molecule has 0 bridgehead atoms. The number of hydrogen-bond donors (Lipinski definition) is 1. The monoisotopic (exact) mass is 202 g/mol. The van der Waals surface area contributed by atoms with Gasteiger partial charge in [-0.2, -0.15) is 0 Å². The van der Waals surface area contributed by atoms with Crippen molar-refractivity contribution < 1.29 is 9.90 Å². The van der Waals surface area contributed by atoms with E-state index < -0.39 is 5.97 Å². The Morgan fingerprint density at radius 3 is 1.93 bits per heavy atom. The molecule has 4 heteroatoms. The maximum atomic E-state index is 9.25. The molecule has 0 amide bonds. The first-order valence-electron chi connectivity index (χ1n) is 4.25. The highest BCUT2D eigenvalue weighted by Gasteiger charge is 1.88. The summed E-state index contributed by atoms with van der Waals surface area (Å²) in [7, 11) is 0. The summed E-state index contributed by atoms with van der Waals surface area (Å²) >= 11 is 0. The minimum atomic E-state index is -0.981. The highest BCUT2D eigenvalue weighted by atomic mass is 16.4. The van der Waals surface area contributed by atoms with Gasteiger partial charge in [-0.1, -0.05) is 18.7 Å². The van der Waals surface area contributed by atoms with E-state index in [9.17, 15) is 4.79 Å². The lowest BCUT2D eigenvalue weighted by Crippen LogP contribution is -1.82. The minimum Gasteiger partial charge on any atom is -0.478 e. The highest BCUT2D eigenvalue weighted by molar-refractivity contribution is 5.78. The van der Waals surface area contributed by atoms with Crippen molar-refractivity contribution in [3.05, 3.63) is 49.3 Å². The number of para-hydroxylation sites is 2. The van der Waals surface area contributed by atoms with Crippen LogP contribution >= 0.6 is 0 Å². The molecular weight excluding hydrogens is 192 g/mol. The van der Waals surface area contributed by atoms with Crippen molar-refractivity contribution in [3.63, 3.8) is 0 Å². The maximum absolute atomic E-state index is 9.25. The van der Waals surface area contributed by atoms with Crippen molar-refractivity contribution in [2.45, 2.75) is 0 Å². The Morgan fingerprint density at radius 2 is 1.60 bits per heavy atom. The van der Waals surface area contributed by atoms with E-state index in [4.69, 9.17) is 5.11 Å². The van der Waals surface area contributed by atoms with Crippen LogP contribution in [0.2, 0.25) is 0 Å². The number of nitrogens with zero attached hydrogens (tertiary/aromatic N) is 2. The number of rotatable bonds is 1. The van der Waals surface area contributed by atoms with Crippen molar-refractivity contribution in [3.8, 4) is 0 Å². The average Bonchev–Trinajstić information content (AvgIpc) is 2.30. The van der Waals surface area contributed by atoms with E-state index in [2.05, 4.69) is 16.5 Å². The molecule has 1 aromatic carbocycles. The Bertz CT molecular complexity index is 403. The molecule has 0 saturated heterocycles. The fraction of sp³-hybridized carbons (Fsp3) is 0. The van der Waals surface area contributed by atoms with E-state index >= 15 is 0 Å². The first kappa shape index (κ1) is 10.8. The third-order valence-corrected chi connectivity index (χ3v) is 1.55. The van der Waals surface area contributed by atoms with Gasteiger partial charge in [0, 0.05) is 18.5 Å². The number of fused-ring (bicyclic) bond motifs is 1. The molecule has 0 radical (unpaired) electrons. The van der Waals surface area contributed by atoms with Gasteiger partial charge in [-0.05, 0) is 12.1 Å². The van der Waals surface area contributed by atoms with Gasteiger partial charge < -0.3 is 5.11 Å². The molecule has 0 fully saturated rings. The zero-order chi connectivity index (χ0) is 11.1. The number of benzene rings is 1. The molecule has 1 heterocycles. The van der Waals surface area contributed by atoms with Crippen LogP contribution in [-0.4, -0.2) is 21.0 Å². The second kappa shape index (κ2) is 5.49. The van der Waals surface area contributed by atoms with Crippen molar-refractivity contribution in [2.75, 3.05) is 0 Å². The van der Waals surface area contributed by atoms with Crippen LogP contribution in [0.1, 0.15) is 0 Å². The molecule has 0 aliphatic rings. The van der Waals surface area contributed by atoms with E-state index in [0.717, 1.165) is 17.1 Å². The lowest BCUT2D eigenvalue weighted by molar-refractivity contribution is -0.131. The summed E-state index contributed by atoms with van der Waals surface area (Å²) in [6.45, 7) is 2.96. The van der Waals surface area contributed by atoms with Gasteiger partial charge in [-0.15, -0.1) is 0 Å². The third-order valence-electron chi connectivity index (χ3n) is 1.55.